The van der Waals surface area contributed by atoms with E-state index < -0.39 is 0 Å². The van der Waals surface area contributed by atoms with E-state index in [1.165, 1.54) is 25.9 Å². The lowest BCUT2D eigenvalue weighted by Gasteiger charge is -2.12. The zero-order valence-electron chi connectivity index (χ0n) is 22.4. The number of benzene rings is 2. The molecule has 37 heavy (non-hydrogen) atoms. The van der Waals surface area contributed by atoms with Gasteiger partial charge in [0.05, 0.1) is 5.69 Å². The highest BCUT2D eigenvalue weighted by Crippen LogP contribution is 2.32. The molecule has 2 aromatic carbocycles. The summed E-state index contributed by atoms with van der Waals surface area (Å²) >= 11 is 1.72. The highest BCUT2D eigenvalue weighted by molar-refractivity contribution is 7.98. The molecule has 2 heterocycles. The van der Waals surface area contributed by atoms with Gasteiger partial charge in [-0.3, -0.25) is 9.59 Å². The standard InChI is InChI=1S/C23H21N3O2S.C7H17N/c1-29-9-8-26-7-6-16-2-3-17(12-20(16)23(26)28)18-4-5-19-10-15(14-27)11-22(24)25-21(19)13-18;1-4-6-8(3)7-5-2/h2-7,10,12-14H,8-9,11H2,1H3,(H2,24,25);4-7H2,1-3H3. The third-order valence-corrected chi connectivity index (χ3v) is 6.82. The Kier molecular flexibility index (Phi) is 10.7. The minimum atomic E-state index is 0.0222. The van der Waals surface area contributed by atoms with Gasteiger partial charge in [0.25, 0.3) is 5.56 Å². The molecule has 0 amide bonds. The van der Waals surface area contributed by atoms with Crippen LogP contribution in [0.1, 0.15) is 38.7 Å². The van der Waals surface area contributed by atoms with E-state index in [2.05, 4.69) is 30.8 Å². The quantitative estimate of drug-likeness (QED) is 0.365. The zero-order valence-corrected chi connectivity index (χ0v) is 23.2. The van der Waals surface area contributed by atoms with Gasteiger partial charge in [0.2, 0.25) is 0 Å². The lowest BCUT2D eigenvalue weighted by atomic mass is 9.99. The second kappa shape index (κ2) is 14.0. The highest BCUT2D eigenvalue weighted by Gasteiger charge is 2.12. The molecule has 0 radical (unpaired) electrons. The topological polar surface area (TPSA) is 80.7 Å². The fraction of sp³-hybridized carbons (Fsp3) is 0.367. The molecule has 1 aliphatic heterocycles. The van der Waals surface area contributed by atoms with E-state index in [-0.39, 0.29) is 5.56 Å². The van der Waals surface area contributed by atoms with Gasteiger partial charge in [-0.1, -0.05) is 38.1 Å². The molecule has 0 saturated carbocycles. The minimum Gasteiger partial charge on any atom is -0.387 e. The Morgan fingerprint density at radius 1 is 1.08 bits per heavy atom. The molecule has 0 bridgehead atoms. The van der Waals surface area contributed by atoms with Gasteiger partial charge >= 0.3 is 0 Å². The third kappa shape index (κ3) is 7.66. The Bertz CT molecular complexity index is 1340. The van der Waals surface area contributed by atoms with Gasteiger partial charge in [-0.05, 0) is 80.0 Å². The number of aliphatic imine (C=N–C) groups is 1. The van der Waals surface area contributed by atoms with Gasteiger partial charge in [0.15, 0.2) is 0 Å². The lowest BCUT2D eigenvalue weighted by molar-refractivity contribution is -0.104. The van der Waals surface area contributed by atoms with Gasteiger partial charge < -0.3 is 15.2 Å². The summed E-state index contributed by atoms with van der Waals surface area (Å²) in [4.78, 5) is 30.9. The van der Waals surface area contributed by atoms with E-state index in [1.54, 1.807) is 16.3 Å². The number of fused-ring (bicyclic) bond motifs is 2. The summed E-state index contributed by atoms with van der Waals surface area (Å²) in [5.41, 5.74) is 10.1. The highest BCUT2D eigenvalue weighted by atomic mass is 32.2. The number of amidine groups is 1. The Labute approximate surface area is 224 Å². The molecule has 0 saturated heterocycles. The first kappa shape index (κ1) is 28.4. The maximum Gasteiger partial charge on any atom is 0.258 e. The Morgan fingerprint density at radius 2 is 1.78 bits per heavy atom. The predicted octanol–water partition coefficient (Wildman–Crippen LogP) is 5.74. The maximum atomic E-state index is 12.9. The number of aldehydes is 1. The number of hydrogen-bond donors (Lipinski definition) is 1. The molecule has 0 aliphatic carbocycles. The van der Waals surface area contributed by atoms with Gasteiger partial charge in [-0.15, -0.1) is 0 Å². The van der Waals surface area contributed by atoms with Crippen molar-refractivity contribution in [3.05, 3.63) is 70.2 Å². The molecule has 4 rings (SSSR count). The summed E-state index contributed by atoms with van der Waals surface area (Å²) in [7, 11) is 2.17. The first-order chi connectivity index (χ1) is 17.9. The molecule has 7 heteroatoms. The predicted molar refractivity (Wildman–Crippen MR) is 160 cm³/mol. The monoisotopic (exact) mass is 518 g/mol. The van der Waals surface area contributed by atoms with Crippen molar-refractivity contribution < 1.29 is 4.79 Å². The van der Waals surface area contributed by atoms with Gasteiger partial charge in [-0.25, -0.2) is 4.99 Å². The second-order valence-corrected chi connectivity index (χ2v) is 10.3. The summed E-state index contributed by atoms with van der Waals surface area (Å²) in [5, 5.41) is 1.63. The number of hydrogen-bond acceptors (Lipinski definition) is 6. The number of carbonyl (C=O) groups excluding carboxylic acids is 1. The van der Waals surface area contributed by atoms with Crippen LogP contribution in [0.4, 0.5) is 5.69 Å². The Hall–Kier alpha value is -3.16. The van der Waals surface area contributed by atoms with Crippen LogP contribution in [0.2, 0.25) is 0 Å². The Morgan fingerprint density at radius 3 is 2.46 bits per heavy atom. The second-order valence-electron chi connectivity index (χ2n) is 9.30. The molecule has 1 aromatic heterocycles. The van der Waals surface area contributed by atoms with Crippen LogP contribution in [0.3, 0.4) is 0 Å². The van der Waals surface area contributed by atoms with Crippen molar-refractivity contribution in [1.82, 2.24) is 9.47 Å². The smallest absolute Gasteiger partial charge is 0.258 e. The summed E-state index contributed by atoms with van der Waals surface area (Å²) in [6.07, 6.45) is 9.42. The van der Waals surface area contributed by atoms with Crippen LogP contribution >= 0.6 is 11.8 Å². The number of carbonyl (C=O) groups is 1. The van der Waals surface area contributed by atoms with Crippen molar-refractivity contribution in [2.75, 3.05) is 32.1 Å². The average molecular weight is 519 g/mol. The zero-order chi connectivity index (χ0) is 26.8. The summed E-state index contributed by atoms with van der Waals surface area (Å²) < 4.78 is 1.76. The maximum absolute atomic E-state index is 12.9. The molecule has 3 aromatic rings. The van der Waals surface area contributed by atoms with Crippen LogP contribution in [-0.4, -0.2) is 53.7 Å². The molecule has 0 spiro atoms. The summed E-state index contributed by atoms with van der Waals surface area (Å²) in [6.45, 7) is 7.61. The molecule has 6 nitrogen and oxygen atoms in total. The number of aryl methyl sites for hydroxylation is 1. The van der Waals surface area contributed by atoms with Crippen LogP contribution in [0.15, 0.2) is 64.0 Å². The number of thioether (sulfide) groups is 1. The fourth-order valence-electron chi connectivity index (χ4n) is 4.37. The van der Waals surface area contributed by atoms with Crippen LogP contribution in [0.25, 0.3) is 28.0 Å². The molecular weight excluding hydrogens is 480 g/mol. The van der Waals surface area contributed by atoms with Crippen LogP contribution in [-0.2, 0) is 11.3 Å². The lowest BCUT2D eigenvalue weighted by Crippen LogP contribution is -2.20. The molecule has 2 N–H and O–H groups in total. The molecule has 0 unspecified atom stereocenters. The molecule has 0 atom stereocenters. The van der Waals surface area contributed by atoms with E-state index in [0.717, 1.165) is 39.8 Å². The normalized spacial score (nSPS) is 12.8. The number of aromatic nitrogens is 1. The van der Waals surface area contributed by atoms with Crippen LogP contribution in [0, 0.1) is 0 Å². The Balaban J connectivity index is 0.000000414. The first-order valence-corrected chi connectivity index (χ1v) is 14.2. The van der Waals surface area contributed by atoms with Crippen molar-refractivity contribution >= 4 is 46.4 Å². The van der Waals surface area contributed by atoms with E-state index in [9.17, 15) is 9.59 Å². The van der Waals surface area contributed by atoms with Crippen molar-refractivity contribution in [3.8, 4) is 11.1 Å². The molecular formula is C30H38N4O2S. The molecule has 196 valence electrons. The largest absolute Gasteiger partial charge is 0.387 e. The van der Waals surface area contributed by atoms with E-state index in [4.69, 9.17) is 5.73 Å². The van der Waals surface area contributed by atoms with Crippen molar-refractivity contribution in [3.63, 3.8) is 0 Å². The number of pyridine rings is 1. The minimum absolute atomic E-state index is 0.0222. The van der Waals surface area contributed by atoms with Crippen molar-refractivity contribution in [2.45, 2.75) is 39.7 Å². The average Bonchev–Trinajstić information content (AvgIpc) is 3.06. The number of nitrogens with two attached hydrogens (primary N) is 1. The SMILES string of the molecule is CCCN(C)CCC.CSCCn1ccc2ccc(-c3ccc4c(c3)N=C(N)CC(C=O)=C4)cc2c1=O. The van der Waals surface area contributed by atoms with Crippen LogP contribution in [0.5, 0.6) is 0 Å². The summed E-state index contributed by atoms with van der Waals surface area (Å²) in [5.74, 6) is 1.31. The van der Waals surface area contributed by atoms with Crippen molar-refractivity contribution in [2.24, 2.45) is 10.7 Å². The van der Waals surface area contributed by atoms with Crippen molar-refractivity contribution in [1.29, 1.82) is 0 Å². The third-order valence-electron chi connectivity index (χ3n) is 6.23. The number of rotatable bonds is 9. The summed E-state index contributed by atoms with van der Waals surface area (Å²) in [6, 6.07) is 13.8. The van der Waals surface area contributed by atoms with E-state index in [0.29, 0.717) is 29.8 Å². The number of nitrogens with zero attached hydrogens (tertiary/aromatic N) is 3. The van der Waals surface area contributed by atoms with E-state index in [1.807, 2.05) is 61.0 Å². The van der Waals surface area contributed by atoms with Gasteiger partial charge in [-0.2, -0.15) is 11.8 Å². The molecule has 1 aliphatic rings. The molecule has 0 fully saturated rings. The first-order valence-electron chi connectivity index (χ1n) is 12.8. The van der Waals surface area contributed by atoms with Crippen LogP contribution < -0.4 is 11.3 Å². The van der Waals surface area contributed by atoms with E-state index >= 15 is 0 Å². The fourth-order valence-corrected chi connectivity index (χ4v) is 4.75. The van der Waals surface area contributed by atoms with Gasteiger partial charge in [0, 0.05) is 41.4 Å². The van der Waals surface area contributed by atoms with Gasteiger partial charge in [0.1, 0.15) is 12.1 Å².